The van der Waals surface area contributed by atoms with E-state index in [0.29, 0.717) is 36.6 Å². The van der Waals surface area contributed by atoms with Gasteiger partial charge < -0.3 is 14.5 Å². The van der Waals surface area contributed by atoms with Gasteiger partial charge in [0.1, 0.15) is 5.76 Å². The first-order valence-electron chi connectivity index (χ1n) is 10.4. The molecular weight excluding hydrogens is 444 g/mol. The maximum Gasteiger partial charge on any atom is 0.574 e. The molecular formula is C22H18F4N4O3. The van der Waals surface area contributed by atoms with Crippen LogP contribution in [0.3, 0.4) is 0 Å². The van der Waals surface area contributed by atoms with Crippen molar-refractivity contribution in [2.75, 3.05) is 0 Å². The normalized spacial score (nSPS) is 18.0. The molecule has 0 radical (unpaired) electrons. The van der Waals surface area contributed by atoms with Crippen LogP contribution < -0.4 is 10.1 Å². The van der Waals surface area contributed by atoms with Gasteiger partial charge in [-0.15, -0.1) is 13.2 Å². The number of pyridine rings is 2. The second kappa shape index (κ2) is 8.13. The zero-order valence-electron chi connectivity index (χ0n) is 17.2. The first kappa shape index (κ1) is 21.4. The van der Waals surface area contributed by atoms with Crippen LogP contribution in [0.1, 0.15) is 65.1 Å². The Kier molecular flexibility index (Phi) is 5.26. The minimum Gasteiger partial charge on any atom is -0.439 e. The minimum absolute atomic E-state index is 0.0506. The summed E-state index contributed by atoms with van der Waals surface area (Å²) in [5.41, 5.74) is 1.57. The number of fused-ring (bicyclic) bond motifs is 1. The second-order valence-corrected chi connectivity index (χ2v) is 8.04. The van der Waals surface area contributed by atoms with Gasteiger partial charge in [-0.3, -0.25) is 9.78 Å². The molecule has 1 fully saturated rings. The van der Waals surface area contributed by atoms with Gasteiger partial charge in [0.25, 0.3) is 5.91 Å². The van der Waals surface area contributed by atoms with Gasteiger partial charge in [-0.25, -0.2) is 14.4 Å². The van der Waals surface area contributed by atoms with Gasteiger partial charge in [0.2, 0.25) is 11.8 Å². The highest BCUT2D eigenvalue weighted by Gasteiger charge is 2.33. The number of rotatable bonds is 5. The van der Waals surface area contributed by atoms with E-state index < -0.39 is 30.0 Å². The summed E-state index contributed by atoms with van der Waals surface area (Å²) in [4.78, 5) is 24.7. The number of oxazole rings is 1. The van der Waals surface area contributed by atoms with Crippen molar-refractivity contribution in [3.05, 3.63) is 59.1 Å². The highest BCUT2D eigenvalue weighted by atomic mass is 19.4. The van der Waals surface area contributed by atoms with Gasteiger partial charge in [0.05, 0.1) is 23.5 Å². The molecule has 7 nitrogen and oxygen atoms in total. The maximum atomic E-state index is 14.5. The molecule has 3 aromatic rings. The number of aromatic nitrogens is 3. The van der Waals surface area contributed by atoms with Gasteiger partial charge in [-0.1, -0.05) is 0 Å². The summed E-state index contributed by atoms with van der Waals surface area (Å²) in [7, 11) is 0. The number of alkyl halides is 3. The van der Waals surface area contributed by atoms with Gasteiger partial charge >= 0.3 is 6.36 Å². The van der Waals surface area contributed by atoms with Crippen molar-refractivity contribution in [3.8, 4) is 17.3 Å². The molecule has 1 amide bonds. The van der Waals surface area contributed by atoms with Crippen molar-refractivity contribution in [2.24, 2.45) is 0 Å². The number of carbonyl (C=O) groups is 1. The Morgan fingerprint density at radius 2 is 2.00 bits per heavy atom. The summed E-state index contributed by atoms with van der Waals surface area (Å²) in [6.45, 7) is 0. The number of aryl methyl sites for hydroxylation is 1. The van der Waals surface area contributed by atoms with E-state index in [0.717, 1.165) is 37.0 Å². The minimum atomic E-state index is -4.92. The van der Waals surface area contributed by atoms with Crippen LogP contribution >= 0.6 is 0 Å². The highest BCUT2D eigenvalue weighted by Crippen LogP contribution is 2.41. The zero-order valence-corrected chi connectivity index (χ0v) is 17.2. The van der Waals surface area contributed by atoms with E-state index in [1.807, 2.05) is 0 Å². The molecule has 0 bridgehead atoms. The second-order valence-electron chi connectivity index (χ2n) is 8.04. The van der Waals surface area contributed by atoms with Crippen molar-refractivity contribution in [3.63, 3.8) is 0 Å². The molecule has 3 heterocycles. The maximum absolute atomic E-state index is 14.5. The summed E-state index contributed by atoms with van der Waals surface area (Å²) in [6, 6.07) is 3.27. The molecule has 3 aromatic heterocycles. The third-order valence-corrected chi connectivity index (χ3v) is 5.58. The molecule has 172 valence electrons. The summed E-state index contributed by atoms with van der Waals surface area (Å²) in [5.74, 6) is -1.05. The van der Waals surface area contributed by atoms with Crippen LogP contribution in [0.5, 0.6) is 5.88 Å². The Morgan fingerprint density at radius 1 is 1.18 bits per heavy atom. The van der Waals surface area contributed by atoms with Crippen molar-refractivity contribution in [1.82, 2.24) is 20.3 Å². The number of hydrogen-bond acceptors (Lipinski definition) is 6. The van der Waals surface area contributed by atoms with E-state index in [2.05, 4.69) is 25.0 Å². The molecule has 0 saturated heterocycles. The quantitative estimate of drug-likeness (QED) is 0.545. The first-order chi connectivity index (χ1) is 15.8. The number of carbonyl (C=O) groups excluding carboxylic acids is 1. The first-order valence-corrected chi connectivity index (χ1v) is 10.4. The topological polar surface area (TPSA) is 90.1 Å². The monoisotopic (exact) mass is 462 g/mol. The van der Waals surface area contributed by atoms with E-state index in [1.165, 1.54) is 6.07 Å². The summed E-state index contributed by atoms with van der Waals surface area (Å²) >= 11 is 0. The molecule has 1 N–H and O–H groups in total. The van der Waals surface area contributed by atoms with Gasteiger partial charge in [0.15, 0.2) is 5.82 Å². The molecule has 1 saturated carbocycles. The van der Waals surface area contributed by atoms with Crippen LogP contribution in [0, 0.1) is 5.82 Å². The standard InChI is InChI=1S/C22H18F4N4O3/c23-14-10-28-17(11-4-5-11)9-13(14)21-30-16-3-1-2-15(19(16)32-21)29-20(31)12-6-7-27-18(8-12)33-22(24,25)26/h6-11,15H,1-5H2,(H,29,31)/t15-/m1/s1. The molecule has 0 spiro atoms. The van der Waals surface area contributed by atoms with Crippen LogP contribution in [0.4, 0.5) is 17.6 Å². The average Bonchev–Trinajstić information content (AvgIpc) is 3.51. The number of nitrogens with zero attached hydrogens (tertiary/aromatic N) is 3. The molecule has 33 heavy (non-hydrogen) atoms. The molecule has 2 aliphatic rings. The number of amides is 1. The van der Waals surface area contributed by atoms with Crippen LogP contribution in [0.15, 0.2) is 35.0 Å². The average molecular weight is 462 g/mol. The van der Waals surface area contributed by atoms with Crippen LogP contribution in [0.2, 0.25) is 0 Å². The Balaban J connectivity index is 1.38. The lowest BCUT2D eigenvalue weighted by atomic mass is 9.97. The molecule has 0 aromatic carbocycles. The largest absolute Gasteiger partial charge is 0.574 e. The third kappa shape index (κ3) is 4.67. The fraction of sp³-hybridized carbons (Fsp3) is 0.364. The van der Waals surface area contributed by atoms with Gasteiger partial charge in [-0.2, -0.15) is 0 Å². The predicted molar refractivity (Wildman–Crippen MR) is 106 cm³/mol. The Bertz CT molecular complexity index is 1210. The van der Waals surface area contributed by atoms with Crippen LogP contribution in [-0.2, 0) is 6.42 Å². The Morgan fingerprint density at radius 3 is 2.76 bits per heavy atom. The zero-order chi connectivity index (χ0) is 23.2. The molecule has 2 aliphatic carbocycles. The number of ether oxygens (including phenoxy) is 1. The van der Waals surface area contributed by atoms with E-state index in [-0.39, 0.29) is 17.0 Å². The molecule has 5 rings (SSSR count). The van der Waals surface area contributed by atoms with Crippen molar-refractivity contribution >= 4 is 5.91 Å². The lowest BCUT2D eigenvalue weighted by Crippen LogP contribution is -2.30. The highest BCUT2D eigenvalue weighted by molar-refractivity contribution is 5.94. The van der Waals surface area contributed by atoms with Crippen molar-refractivity contribution in [1.29, 1.82) is 0 Å². The Labute approximate surface area is 185 Å². The van der Waals surface area contributed by atoms with E-state index in [9.17, 15) is 22.4 Å². The van der Waals surface area contributed by atoms with E-state index in [1.54, 1.807) is 6.07 Å². The SMILES string of the molecule is O=C(N[C@@H]1CCCc2nc(-c3cc(C4CC4)ncc3F)oc21)c1ccnc(OC(F)(F)F)c1. The fourth-order valence-corrected chi connectivity index (χ4v) is 3.86. The predicted octanol–water partition coefficient (Wildman–Crippen LogP) is 4.85. The van der Waals surface area contributed by atoms with E-state index in [4.69, 9.17) is 4.42 Å². The van der Waals surface area contributed by atoms with Gasteiger partial charge in [-0.05, 0) is 44.2 Å². The molecule has 0 unspecified atom stereocenters. The summed E-state index contributed by atoms with van der Waals surface area (Å²) in [5, 5.41) is 2.76. The Hall–Kier alpha value is -3.50. The number of nitrogens with one attached hydrogen (secondary N) is 1. The fourth-order valence-electron chi connectivity index (χ4n) is 3.86. The number of hydrogen-bond donors (Lipinski definition) is 1. The summed E-state index contributed by atoms with van der Waals surface area (Å²) in [6.07, 6.45) is 1.17. The summed E-state index contributed by atoms with van der Waals surface area (Å²) < 4.78 is 61.4. The third-order valence-electron chi connectivity index (χ3n) is 5.58. The van der Waals surface area contributed by atoms with Crippen LogP contribution in [-0.4, -0.2) is 27.2 Å². The number of halogens is 4. The molecule has 0 aliphatic heterocycles. The van der Waals surface area contributed by atoms with Crippen molar-refractivity contribution in [2.45, 2.75) is 50.4 Å². The lowest BCUT2D eigenvalue weighted by Gasteiger charge is -2.21. The van der Waals surface area contributed by atoms with Crippen molar-refractivity contribution < 1.29 is 31.5 Å². The molecule has 1 atom stereocenters. The van der Waals surface area contributed by atoms with E-state index >= 15 is 0 Å². The van der Waals surface area contributed by atoms with Gasteiger partial charge in [0, 0.05) is 29.4 Å². The smallest absolute Gasteiger partial charge is 0.439 e. The lowest BCUT2D eigenvalue weighted by molar-refractivity contribution is -0.276. The molecule has 11 heteroatoms. The van der Waals surface area contributed by atoms with Crippen LogP contribution in [0.25, 0.3) is 11.5 Å².